The molecule has 1 aromatic rings. The molecule has 0 aromatic heterocycles. The van der Waals surface area contributed by atoms with Gasteiger partial charge in [-0.3, -0.25) is 4.79 Å². The van der Waals surface area contributed by atoms with E-state index in [1.165, 1.54) is 25.3 Å². The molecule has 1 aromatic carbocycles. The highest BCUT2D eigenvalue weighted by Gasteiger charge is 2.26. The maximum absolute atomic E-state index is 12.2. The van der Waals surface area contributed by atoms with E-state index in [2.05, 4.69) is 4.72 Å². The van der Waals surface area contributed by atoms with Crippen molar-refractivity contribution in [2.45, 2.75) is 30.4 Å². The number of aliphatic carboxylic acids is 1. The summed E-state index contributed by atoms with van der Waals surface area (Å²) in [7, 11) is -2.48. The Morgan fingerprint density at radius 2 is 2.15 bits per heavy atom. The van der Waals surface area contributed by atoms with E-state index in [1.807, 2.05) is 0 Å². The van der Waals surface area contributed by atoms with Crippen LogP contribution in [0.5, 0.6) is 0 Å². The van der Waals surface area contributed by atoms with Gasteiger partial charge in [-0.05, 0) is 25.1 Å². The SMILES string of the molecule is CO[C@H](C)[C@@H](CC(=O)O)NS(=O)(=O)c1cccc(Cl)c1. The van der Waals surface area contributed by atoms with Gasteiger partial charge in [0.25, 0.3) is 0 Å². The highest BCUT2D eigenvalue weighted by Crippen LogP contribution is 2.17. The van der Waals surface area contributed by atoms with Crippen molar-refractivity contribution in [1.82, 2.24) is 4.72 Å². The molecule has 0 aliphatic rings. The molecule has 1 rings (SSSR count). The Labute approximate surface area is 122 Å². The highest BCUT2D eigenvalue weighted by atomic mass is 35.5. The molecule has 8 heteroatoms. The van der Waals surface area contributed by atoms with Gasteiger partial charge in [-0.25, -0.2) is 13.1 Å². The van der Waals surface area contributed by atoms with Gasteiger partial charge in [0.15, 0.2) is 0 Å². The Balaban J connectivity index is 2.99. The van der Waals surface area contributed by atoms with E-state index in [0.717, 1.165) is 0 Å². The third-order valence-electron chi connectivity index (χ3n) is 2.75. The van der Waals surface area contributed by atoms with Crippen LogP contribution < -0.4 is 4.72 Å². The summed E-state index contributed by atoms with van der Waals surface area (Å²) in [6.45, 7) is 1.59. The molecule has 2 atom stereocenters. The second-order valence-corrected chi connectivity index (χ2v) is 6.37. The summed E-state index contributed by atoms with van der Waals surface area (Å²) >= 11 is 5.75. The minimum Gasteiger partial charge on any atom is -0.481 e. The van der Waals surface area contributed by atoms with Crippen molar-refractivity contribution in [3.8, 4) is 0 Å². The first-order valence-corrected chi connectivity index (χ1v) is 7.65. The van der Waals surface area contributed by atoms with Crippen molar-refractivity contribution >= 4 is 27.6 Å². The minimum absolute atomic E-state index is 0.0244. The molecular weight excluding hydrogens is 306 g/mol. The van der Waals surface area contributed by atoms with Gasteiger partial charge >= 0.3 is 5.97 Å². The molecule has 0 aliphatic heterocycles. The summed E-state index contributed by atoms with van der Waals surface area (Å²) in [5.41, 5.74) is 0. The van der Waals surface area contributed by atoms with E-state index in [1.54, 1.807) is 13.0 Å². The van der Waals surface area contributed by atoms with Crippen LogP contribution in [0.3, 0.4) is 0 Å². The summed E-state index contributed by atoms with van der Waals surface area (Å²) in [6, 6.07) is 4.85. The molecule has 112 valence electrons. The summed E-state index contributed by atoms with van der Waals surface area (Å²) < 4.78 is 31.7. The number of nitrogens with one attached hydrogen (secondary N) is 1. The van der Waals surface area contributed by atoms with Gasteiger partial charge in [0.05, 0.1) is 23.5 Å². The summed E-state index contributed by atoms with van der Waals surface area (Å²) in [4.78, 5) is 10.8. The number of hydrogen-bond acceptors (Lipinski definition) is 4. The number of ether oxygens (including phenoxy) is 1. The number of carbonyl (C=O) groups is 1. The van der Waals surface area contributed by atoms with Crippen molar-refractivity contribution in [1.29, 1.82) is 0 Å². The monoisotopic (exact) mass is 321 g/mol. The van der Waals surface area contributed by atoms with Crippen molar-refractivity contribution in [3.63, 3.8) is 0 Å². The van der Waals surface area contributed by atoms with Crippen LogP contribution in [-0.2, 0) is 19.6 Å². The average molecular weight is 322 g/mol. The number of hydrogen-bond donors (Lipinski definition) is 2. The molecule has 0 fully saturated rings. The fraction of sp³-hybridized carbons (Fsp3) is 0.417. The van der Waals surface area contributed by atoms with E-state index >= 15 is 0 Å². The maximum atomic E-state index is 12.2. The van der Waals surface area contributed by atoms with Gasteiger partial charge in [-0.15, -0.1) is 0 Å². The second kappa shape index (κ2) is 7.03. The molecule has 0 unspecified atom stereocenters. The average Bonchev–Trinajstić information content (AvgIpc) is 2.36. The van der Waals surface area contributed by atoms with Crippen molar-refractivity contribution in [3.05, 3.63) is 29.3 Å². The van der Waals surface area contributed by atoms with E-state index in [0.29, 0.717) is 0 Å². The molecule has 0 bridgehead atoms. The lowest BCUT2D eigenvalue weighted by atomic mass is 10.1. The zero-order valence-electron chi connectivity index (χ0n) is 11.0. The van der Waals surface area contributed by atoms with Crippen molar-refractivity contribution in [2.24, 2.45) is 0 Å². The molecule has 0 aliphatic carbocycles. The molecule has 0 saturated heterocycles. The van der Waals surface area contributed by atoms with Gasteiger partial charge in [0.2, 0.25) is 10.0 Å². The molecular formula is C12H16ClNO5S. The quantitative estimate of drug-likeness (QED) is 0.794. The number of sulfonamides is 1. The van der Waals surface area contributed by atoms with Gasteiger partial charge < -0.3 is 9.84 Å². The van der Waals surface area contributed by atoms with Crippen LogP contribution in [0.2, 0.25) is 5.02 Å². The number of rotatable bonds is 7. The first-order chi connectivity index (χ1) is 9.26. The van der Waals surface area contributed by atoms with Crippen LogP contribution in [-0.4, -0.2) is 38.7 Å². The highest BCUT2D eigenvalue weighted by molar-refractivity contribution is 7.89. The Morgan fingerprint density at radius 1 is 1.50 bits per heavy atom. The zero-order valence-corrected chi connectivity index (χ0v) is 12.6. The van der Waals surface area contributed by atoms with Crippen LogP contribution in [0, 0.1) is 0 Å². The molecule has 0 saturated carbocycles. The summed E-state index contributed by atoms with van der Waals surface area (Å²) in [5.74, 6) is -1.12. The van der Waals surface area contributed by atoms with E-state index in [-0.39, 0.29) is 16.3 Å². The van der Waals surface area contributed by atoms with Gasteiger partial charge in [0.1, 0.15) is 0 Å². The summed E-state index contributed by atoms with van der Waals surface area (Å²) in [6.07, 6.45) is -0.963. The summed E-state index contributed by atoms with van der Waals surface area (Å²) in [5, 5.41) is 9.11. The topological polar surface area (TPSA) is 92.7 Å². The van der Waals surface area contributed by atoms with Gasteiger partial charge in [-0.2, -0.15) is 0 Å². The van der Waals surface area contributed by atoms with Crippen LogP contribution in [0.4, 0.5) is 0 Å². The molecule has 6 nitrogen and oxygen atoms in total. The van der Waals surface area contributed by atoms with Crippen molar-refractivity contribution < 1.29 is 23.1 Å². The molecule has 0 radical (unpaired) electrons. The number of carboxylic acid groups (broad SMARTS) is 1. The predicted molar refractivity (Wildman–Crippen MR) is 74.3 cm³/mol. The van der Waals surface area contributed by atoms with Gasteiger partial charge in [-0.1, -0.05) is 17.7 Å². The second-order valence-electron chi connectivity index (χ2n) is 4.22. The fourth-order valence-electron chi connectivity index (χ4n) is 1.56. The number of carboxylic acids is 1. The largest absolute Gasteiger partial charge is 0.481 e. The lowest BCUT2D eigenvalue weighted by Gasteiger charge is -2.22. The smallest absolute Gasteiger partial charge is 0.305 e. The molecule has 2 N–H and O–H groups in total. The standard InChI is InChI=1S/C12H16ClNO5S/c1-8(19-2)11(7-12(15)16)14-20(17,18)10-5-3-4-9(13)6-10/h3-6,8,11,14H,7H2,1-2H3,(H,15,16)/t8-,11-/m1/s1. The van der Waals surface area contributed by atoms with Crippen LogP contribution >= 0.6 is 11.6 Å². The maximum Gasteiger partial charge on any atom is 0.305 e. The Morgan fingerprint density at radius 3 is 2.65 bits per heavy atom. The minimum atomic E-state index is -3.86. The first kappa shape index (κ1) is 16.9. The predicted octanol–water partition coefficient (Wildman–Crippen LogP) is 1.50. The zero-order chi connectivity index (χ0) is 15.3. The normalized spacial score (nSPS) is 14.8. The number of methoxy groups -OCH3 is 1. The first-order valence-electron chi connectivity index (χ1n) is 5.78. The van der Waals surface area contributed by atoms with Crippen LogP contribution in [0.25, 0.3) is 0 Å². The fourth-order valence-corrected chi connectivity index (χ4v) is 3.16. The van der Waals surface area contributed by atoms with Crippen LogP contribution in [0.1, 0.15) is 13.3 Å². The third kappa shape index (κ3) is 4.75. The van der Waals surface area contributed by atoms with Gasteiger partial charge in [0, 0.05) is 12.1 Å². The van der Waals surface area contributed by atoms with Crippen molar-refractivity contribution in [2.75, 3.05) is 7.11 Å². The number of halogens is 1. The molecule has 20 heavy (non-hydrogen) atoms. The Bertz CT molecular complexity index is 575. The van der Waals surface area contributed by atoms with Crippen LogP contribution in [0.15, 0.2) is 29.2 Å². The lowest BCUT2D eigenvalue weighted by molar-refractivity contribution is -0.138. The van der Waals surface area contributed by atoms with E-state index in [4.69, 9.17) is 21.4 Å². The Hall–Kier alpha value is -1.15. The molecule has 0 spiro atoms. The third-order valence-corrected chi connectivity index (χ3v) is 4.47. The van der Waals surface area contributed by atoms with E-state index in [9.17, 15) is 13.2 Å². The lowest BCUT2D eigenvalue weighted by Crippen LogP contribution is -2.44. The van der Waals surface area contributed by atoms with E-state index < -0.39 is 28.1 Å². The Kier molecular flexibility index (Phi) is 5.94. The number of benzene rings is 1. The molecule has 0 heterocycles. The molecule has 0 amide bonds.